The summed E-state index contributed by atoms with van der Waals surface area (Å²) in [7, 11) is 6.35. The molecule has 54 heavy (non-hydrogen) atoms. The predicted octanol–water partition coefficient (Wildman–Crippen LogP) is 5.64. The van der Waals surface area contributed by atoms with E-state index in [2.05, 4.69) is 10.6 Å². The first-order valence-electron chi connectivity index (χ1n) is 16.4. The van der Waals surface area contributed by atoms with Gasteiger partial charge in [0.1, 0.15) is 11.5 Å². The standard InChI is InChI=1S/C20H19ClN2O3.C17H14ClNO2.C3H6ClNO.ClH/c1-12-18(26-20(25)23(2)3)17(19(24)22-12)15-11-14(9-10-16(15)21)13-7-5-4-6-8-13;1-10-16(20)15(17(21)19-10)13-9-12(7-8-14(13)18)11-5-3-2-4-6-11;1-5(2)3(4)6;/h4-12H,1-3H3,(H,22,24);2-10,20H,1H3,(H,19,21);1-2H3;1H/p-1. The van der Waals surface area contributed by atoms with Crippen molar-refractivity contribution in [3.8, 4) is 22.3 Å². The number of carbonyl (C=O) groups excluding carboxylic acids is 4. The van der Waals surface area contributed by atoms with E-state index in [1.165, 1.54) is 9.80 Å². The number of halogens is 4. The highest BCUT2D eigenvalue weighted by atomic mass is 35.5. The first-order chi connectivity index (χ1) is 25.1. The zero-order valence-electron chi connectivity index (χ0n) is 30.3. The lowest BCUT2D eigenvalue weighted by molar-refractivity contribution is -0.116. The van der Waals surface area contributed by atoms with Crippen molar-refractivity contribution in [3.05, 3.63) is 130 Å². The fraction of sp³-hybridized carbons (Fsp3) is 0.200. The highest BCUT2D eigenvalue weighted by Crippen LogP contribution is 2.36. The normalized spacial score (nSPS) is 15.8. The molecule has 2 atom stereocenters. The van der Waals surface area contributed by atoms with Crippen molar-refractivity contribution in [1.82, 2.24) is 20.4 Å². The van der Waals surface area contributed by atoms with Crippen LogP contribution in [0, 0.1) is 0 Å². The molecule has 2 unspecified atom stereocenters. The summed E-state index contributed by atoms with van der Waals surface area (Å²) in [5, 5.41) is 16.0. The van der Waals surface area contributed by atoms with Crippen molar-refractivity contribution in [2.45, 2.75) is 25.9 Å². The summed E-state index contributed by atoms with van der Waals surface area (Å²) in [5.74, 6) is -0.300. The van der Waals surface area contributed by atoms with Crippen LogP contribution in [0.5, 0.6) is 0 Å². The Kier molecular flexibility index (Phi) is 15.6. The van der Waals surface area contributed by atoms with Gasteiger partial charge in [0.15, 0.2) is 0 Å². The zero-order chi connectivity index (χ0) is 39.0. The Balaban J connectivity index is 0.000000252. The van der Waals surface area contributed by atoms with Gasteiger partial charge in [0.25, 0.3) is 11.8 Å². The fourth-order valence-electron chi connectivity index (χ4n) is 5.23. The molecular weight excluding hydrogens is 774 g/mol. The molecule has 6 rings (SSSR count). The number of amides is 4. The topological polar surface area (TPSA) is 128 Å². The first kappa shape index (κ1) is 43.4. The second kappa shape index (κ2) is 19.4. The minimum Gasteiger partial charge on any atom is -1.00 e. The van der Waals surface area contributed by atoms with Crippen LogP contribution in [0.15, 0.2) is 109 Å². The number of ether oxygens (including phenoxy) is 1. The largest absolute Gasteiger partial charge is 1.00 e. The molecule has 2 aliphatic heterocycles. The van der Waals surface area contributed by atoms with Gasteiger partial charge < -0.3 is 42.7 Å². The van der Waals surface area contributed by atoms with Crippen LogP contribution in [0.25, 0.3) is 33.4 Å². The summed E-state index contributed by atoms with van der Waals surface area (Å²) in [6.07, 6.45) is -0.545. The highest BCUT2D eigenvalue weighted by molar-refractivity contribution is 6.62. The molecule has 4 aromatic rings. The van der Waals surface area contributed by atoms with E-state index in [9.17, 15) is 24.3 Å². The minimum absolute atomic E-state index is 0. The van der Waals surface area contributed by atoms with Crippen molar-refractivity contribution in [1.29, 1.82) is 0 Å². The summed E-state index contributed by atoms with van der Waals surface area (Å²) in [5.41, 5.74) is 5.53. The molecule has 0 saturated carbocycles. The molecule has 2 aliphatic rings. The van der Waals surface area contributed by atoms with Crippen LogP contribution in [-0.4, -0.2) is 78.5 Å². The van der Waals surface area contributed by atoms with E-state index in [0.29, 0.717) is 21.2 Å². The van der Waals surface area contributed by atoms with Crippen LogP contribution >= 0.6 is 34.8 Å². The highest BCUT2D eigenvalue weighted by Gasteiger charge is 2.35. The van der Waals surface area contributed by atoms with Gasteiger partial charge in [0, 0.05) is 49.4 Å². The Labute approximate surface area is 335 Å². The summed E-state index contributed by atoms with van der Waals surface area (Å²) in [6, 6.07) is 29.7. The first-order valence-corrected chi connectivity index (χ1v) is 17.5. The Morgan fingerprint density at radius 3 is 1.44 bits per heavy atom. The minimum atomic E-state index is -0.545. The van der Waals surface area contributed by atoms with Gasteiger partial charge in [-0.25, -0.2) is 4.79 Å². The smallest absolute Gasteiger partial charge is 0.414 e. The molecule has 4 amide bonds. The lowest BCUT2D eigenvalue weighted by Gasteiger charge is -2.15. The fourth-order valence-corrected chi connectivity index (χ4v) is 5.65. The molecule has 14 heteroatoms. The molecule has 0 aromatic heterocycles. The second-order valence-corrected chi connectivity index (χ2v) is 13.6. The molecule has 0 aliphatic carbocycles. The van der Waals surface area contributed by atoms with Crippen LogP contribution in [0.1, 0.15) is 25.0 Å². The number of nitrogens with one attached hydrogen (secondary N) is 2. The summed E-state index contributed by atoms with van der Waals surface area (Å²) >= 11 is 17.5. The quantitative estimate of drug-likeness (QED) is 0.177. The number of hydrogen-bond donors (Lipinski definition) is 3. The molecule has 0 radical (unpaired) electrons. The molecule has 0 bridgehead atoms. The third-order valence-electron chi connectivity index (χ3n) is 8.05. The number of benzene rings is 4. The summed E-state index contributed by atoms with van der Waals surface area (Å²) < 4.78 is 5.45. The average Bonchev–Trinajstić information content (AvgIpc) is 3.56. The molecule has 0 fully saturated rings. The van der Waals surface area contributed by atoms with E-state index in [4.69, 9.17) is 39.5 Å². The van der Waals surface area contributed by atoms with Gasteiger partial charge in [0.05, 0.1) is 23.2 Å². The molecule has 0 spiro atoms. The van der Waals surface area contributed by atoms with Crippen LogP contribution < -0.4 is 23.0 Å². The lowest BCUT2D eigenvalue weighted by Crippen LogP contribution is -3.00. The van der Waals surface area contributed by atoms with E-state index in [-0.39, 0.29) is 52.9 Å². The number of carbonyl (C=O) groups is 4. The van der Waals surface area contributed by atoms with Gasteiger partial charge in [-0.1, -0.05) is 96.0 Å². The number of hydrogen-bond acceptors (Lipinski definition) is 6. The monoisotopic (exact) mass is 811 g/mol. The van der Waals surface area contributed by atoms with E-state index < -0.39 is 17.5 Å². The van der Waals surface area contributed by atoms with E-state index in [1.807, 2.05) is 84.9 Å². The van der Waals surface area contributed by atoms with Crippen LogP contribution in [0.2, 0.25) is 10.0 Å². The van der Waals surface area contributed by atoms with Gasteiger partial charge in [-0.2, -0.15) is 0 Å². The molecule has 0 saturated heterocycles. The van der Waals surface area contributed by atoms with Crippen LogP contribution in [-0.2, 0) is 14.3 Å². The SMILES string of the molecule is CC1NC(=O)C(c2cc(-c3ccccc3)ccc2Cl)=C1O.CC1NC(=O)C(c2cc(-c3ccccc3)ccc2Cl)=C1OC(=O)N(C)C.CN(C)C(=O)Cl.[Cl-]. The zero-order valence-corrected chi connectivity index (χ0v) is 33.3. The van der Waals surface area contributed by atoms with Crippen LogP contribution in [0.4, 0.5) is 9.59 Å². The third-order valence-corrected chi connectivity index (χ3v) is 9.05. The Morgan fingerprint density at radius 2 is 1.06 bits per heavy atom. The van der Waals surface area contributed by atoms with Gasteiger partial charge in [-0.05, 0) is 72.0 Å². The predicted molar refractivity (Wildman–Crippen MR) is 211 cm³/mol. The molecule has 284 valence electrons. The van der Waals surface area contributed by atoms with Crippen molar-refractivity contribution in [3.63, 3.8) is 0 Å². The molecule has 4 aromatic carbocycles. The maximum atomic E-state index is 12.5. The number of aliphatic hydroxyl groups excluding tert-OH is 1. The number of nitrogens with zero attached hydrogens (tertiary/aromatic N) is 2. The van der Waals surface area contributed by atoms with Crippen molar-refractivity contribution in [2.75, 3.05) is 28.2 Å². The second-order valence-electron chi connectivity index (χ2n) is 12.4. The molecule has 10 nitrogen and oxygen atoms in total. The van der Waals surface area contributed by atoms with Gasteiger partial charge in [-0.15, -0.1) is 0 Å². The maximum Gasteiger partial charge on any atom is 0.414 e. The van der Waals surface area contributed by atoms with E-state index in [1.54, 1.807) is 54.2 Å². The van der Waals surface area contributed by atoms with Gasteiger partial charge in [-0.3, -0.25) is 14.4 Å². The Hall–Kier alpha value is -5.00. The van der Waals surface area contributed by atoms with Crippen LogP contribution in [0.3, 0.4) is 0 Å². The Morgan fingerprint density at radius 1 is 0.648 bits per heavy atom. The average molecular weight is 814 g/mol. The molecule has 2 heterocycles. The maximum absolute atomic E-state index is 12.5. The van der Waals surface area contributed by atoms with E-state index in [0.717, 1.165) is 22.3 Å². The third kappa shape index (κ3) is 10.6. The number of aliphatic hydroxyl groups is 1. The Bertz CT molecular complexity index is 2070. The lowest BCUT2D eigenvalue weighted by atomic mass is 9.98. The summed E-state index contributed by atoms with van der Waals surface area (Å²) in [4.78, 5) is 49.0. The van der Waals surface area contributed by atoms with Crippen molar-refractivity contribution >= 4 is 69.2 Å². The van der Waals surface area contributed by atoms with Crippen molar-refractivity contribution < 1.29 is 41.4 Å². The molecule has 3 N–H and O–H groups in total. The van der Waals surface area contributed by atoms with Gasteiger partial charge in [0.2, 0.25) is 0 Å². The number of rotatable bonds is 5. The molecular formula is C40H39Cl4N4O6-. The van der Waals surface area contributed by atoms with Gasteiger partial charge >= 0.3 is 11.5 Å². The summed E-state index contributed by atoms with van der Waals surface area (Å²) in [6.45, 7) is 3.49. The van der Waals surface area contributed by atoms with E-state index >= 15 is 0 Å². The van der Waals surface area contributed by atoms with Crippen molar-refractivity contribution in [2.24, 2.45) is 0 Å².